The number of halogens is 5. The van der Waals surface area contributed by atoms with Gasteiger partial charge in [0.25, 0.3) is 0 Å². The predicted molar refractivity (Wildman–Crippen MR) is 72.9 cm³/mol. The van der Waals surface area contributed by atoms with Crippen molar-refractivity contribution < 1.29 is 17.6 Å². The number of hydrogen-bond acceptors (Lipinski definition) is 1. The highest BCUT2D eigenvalue weighted by molar-refractivity contribution is 9.10. The van der Waals surface area contributed by atoms with E-state index < -0.39 is 17.6 Å². The van der Waals surface area contributed by atoms with Gasteiger partial charge in [-0.15, -0.1) is 0 Å². The van der Waals surface area contributed by atoms with Crippen molar-refractivity contribution in [2.45, 2.75) is 12.7 Å². The highest BCUT2D eigenvalue weighted by Gasteiger charge is 2.30. The second-order valence-corrected chi connectivity index (χ2v) is 5.08. The van der Waals surface area contributed by atoms with E-state index in [1.165, 1.54) is 18.2 Å². The van der Waals surface area contributed by atoms with Crippen molar-refractivity contribution in [3.63, 3.8) is 0 Å². The summed E-state index contributed by atoms with van der Waals surface area (Å²) in [6, 6.07) is 9.35. The van der Waals surface area contributed by atoms with Gasteiger partial charge in [0.15, 0.2) is 0 Å². The molecule has 0 bridgehead atoms. The van der Waals surface area contributed by atoms with E-state index in [4.69, 9.17) is 0 Å². The fourth-order valence-corrected chi connectivity index (χ4v) is 2.00. The van der Waals surface area contributed by atoms with Gasteiger partial charge < -0.3 is 5.32 Å². The Morgan fingerprint density at radius 3 is 2.45 bits per heavy atom. The van der Waals surface area contributed by atoms with Crippen molar-refractivity contribution in [2.24, 2.45) is 0 Å². The maximum Gasteiger partial charge on any atom is 0.416 e. The monoisotopic (exact) mass is 347 g/mol. The SMILES string of the molecule is Fc1cc(Br)ccc1CNc1cccc(C(F)(F)F)c1. The Hall–Kier alpha value is -1.56. The van der Waals surface area contributed by atoms with Crippen molar-refractivity contribution in [3.05, 3.63) is 63.9 Å². The lowest BCUT2D eigenvalue weighted by Gasteiger charge is -2.11. The largest absolute Gasteiger partial charge is 0.416 e. The average Bonchev–Trinajstić information content (AvgIpc) is 2.37. The van der Waals surface area contributed by atoms with Crippen LogP contribution in [0.3, 0.4) is 0 Å². The van der Waals surface area contributed by atoms with E-state index in [9.17, 15) is 17.6 Å². The van der Waals surface area contributed by atoms with Crippen molar-refractivity contribution in [3.8, 4) is 0 Å². The molecule has 0 aliphatic heterocycles. The summed E-state index contributed by atoms with van der Waals surface area (Å²) >= 11 is 3.14. The molecule has 0 heterocycles. The number of anilines is 1. The van der Waals surface area contributed by atoms with Gasteiger partial charge in [-0.05, 0) is 30.3 Å². The smallest absolute Gasteiger partial charge is 0.381 e. The highest BCUT2D eigenvalue weighted by Crippen LogP contribution is 2.30. The van der Waals surface area contributed by atoms with Gasteiger partial charge in [-0.25, -0.2) is 4.39 Å². The van der Waals surface area contributed by atoms with Crippen LogP contribution in [0, 0.1) is 5.82 Å². The molecule has 0 aliphatic carbocycles. The van der Waals surface area contributed by atoms with Crippen LogP contribution in [0.1, 0.15) is 11.1 Å². The van der Waals surface area contributed by atoms with Crippen LogP contribution >= 0.6 is 15.9 Å². The van der Waals surface area contributed by atoms with Gasteiger partial charge in [0.1, 0.15) is 5.82 Å². The topological polar surface area (TPSA) is 12.0 Å². The standard InChI is InChI=1S/C14H10BrF4N/c15-11-5-4-9(13(16)7-11)8-20-12-3-1-2-10(6-12)14(17,18)19/h1-7,20H,8H2. The summed E-state index contributed by atoms with van der Waals surface area (Å²) in [5, 5.41) is 2.78. The zero-order valence-corrected chi connectivity index (χ0v) is 11.7. The predicted octanol–water partition coefficient (Wildman–Crippen LogP) is 5.22. The molecule has 0 fully saturated rings. The fourth-order valence-electron chi connectivity index (χ4n) is 1.67. The minimum absolute atomic E-state index is 0.112. The van der Waals surface area contributed by atoms with E-state index >= 15 is 0 Å². The molecule has 1 nitrogen and oxygen atoms in total. The molecule has 0 spiro atoms. The Kier molecular flexibility index (Phi) is 4.32. The van der Waals surface area contributed by atoms with Crippen LogP contribution < -0.4 is 5.32 Å². The van der Waals surface area contributed by atoms with E-state index in [1.54, 1.807) is 12.1 Å². The van der Waals surface area contributed by atoms with Crippen molar-refractivity contribution in [2.75, 3.05) is 5.32 Å². The molecule has 0 saturated heterocycles. The zero-order chi connectivity index (χ0) is 14.8. The van der Waals surface area contributed by atoms with E-state index in [0.29, 0.717) is 15.7 Å². The average molecular weight is 348 g/mol. The highest BCUT2D eigenvalue weighted by atomic mass is 79.9. The number of nitrogens with one attached hydrogen (secondary N) is 1. The lowest BCUT2D eigenvalue weighted by atomic mass is 10.1. The van der Waals surface area contributed by atoms with E-state index in [1.807, 2.05) is 0 Å². The number of hydrogen-bond donors (Lipinski definition) is 1. The van der Waals surface area contributed by atoms with Gasteiger partial charge in [-0.3, -0.25) is 0 Å². The normalized spacial score (nSPS) is 11.4. The molecule has 2 aromatic carbocycles. The molecule has 0 amide bonds. The van der Waals surface area contributed by atoms with Crippen LogP contribution in [0.4, 0.5) is 23.2 Å². The molecule has 0 unspecified atom stereocenters. The first-order chi connectivity index (χ1) is 9.36. The Balaban J connectivity index is 2.11. The lowest BCUT2D eigenvalue weighted by Crippen LogP contribution is -2.07. The van der Waals surface area contributed by atoms with Crippen molar-refractivity contribution in [1.29, 1.82) is 0 Å². The summed E-state index contributed by atoms with van der Waals surface area (Å²) in [7, 11) is 0. The molecule has 0 aliphatic rings. The molecule has 2 aromatic rings. The van der Waals surface area contributed by atoms with E-state index in [2.05, 4.69) is 21.2 Å². The first-order valence-corrected chi connectivity index (χ1v) is 6.50. The Bertz CT molecular complexity index is 610. The summed E-state index contributed by atoms with van der Waals surface area (Å²) < 4.78 is 51.8. The minimum Gasteiger partial charge on any atom is -0.381 e. The van der Waals surface area contributed by atoms with Crippen LogP contribution in [0.5, 0.6) is 0 Å². The fraction of sp³-hybridized carbons (Fsp3) is 0.143. The molecule has 2 rings (SSSR count). The zero-order valence-electron chi connectivity index (χ0n) is 10.1. The van der Waals surface area contributed by atoms with Gasteiger partial charge in [-0.1, -0.05) is 28.1 Å². The number of benzene rings is 2. The maximum absolute atomic E-state index is 13.6. The summed E-state index contributed by atoms with van der Waals surface area (Å²) in [4.78, 5) is 0. The third kappa shape index (κ3) is 3.72. The minimum atomic E-state index is -4.39. The molecule has 1 N–H and O–H groups in total. The summed E-state index contributed by atoms with van der Waals surface area (Å²) in [5.41, 5.74) is -0.0634. The third-order valence-electron chi connectivity index (χ3n) is 2.69. The number of rotatable bonds is 3. The summed E-state index contributed by atoms with van der Waals surface area (Å²) in [5.74, 6) is -0.418. The number of alkyl halides is 3. The first-order valence-electron chi connectivity index (χ1n) is 5.71. The molecule has 106 valence electrons. The summed E-state index contributed by atoms with van der Waals surface area (Å²) in [6.45, 7) is 0.112. The van der Waals surface area contributed by atoms with Crippen molar-refractivity contribution >= 4 is 21.6 Å². The van der Waals surface area contributed by atoms with Crippen LogP contribution in [0.15, 0.2) is 46.9 Å². The molecule has 0 saturated carbocycles. The molecule has 0 atom stereocenters. The van der Waals surface area contributed by atoms with Crippen LogP contribution in [-0.4, -0.2) is 0 Å². The molecular formula is C14H10BrF4N. The van der Waals surface area contributed by atoms with Gasteiger partial charge in [0, 0.05) is 22.3 Å². The van der Waals surface area contributed by atoms with Gasteiger partial charge in [-0.2, -0.15) is 13.2 Å². The quantitative estimate of drug-likeness (QED) is 0.750. The Labute approximate surface area is 121 Å². The summed E-state index contributed by atoms with van der Waals surface area (Å²) in [6.07, 6.45) is -4.39. The lowest BCUT2D eigenvalue weighted by molar-refractivity contribution is -0.137. The molecule has 0 aromatic heterocycles. The van der Waals surface area contributed by atoms with E-state index in [-0.39, 0.29) is 6.54 Å². The van der Waals surface area contributed by atoms with Gasteiger partial charge >= 0.3 is 6.18 Å². The molecule has 0 radical (unpaired) electrons. The van der Waals surface area contributed by atoms with Gasteiger partial charge in [0.05, 0.1) is 5.56 Å². The van der Waals surface area contributed by atoms with Crippen LogP contribution in [-0.2, 0) is 12.7 Å². The maximum atomic E-state index is 13.6. The Morgan fingerprint density at radius 1 is 1.05 bits per heavy atom. The van der Waals surface area contributed by atoms with Crippen molar-refractivity contribution in [1.82, 2.24) is 0 Å². The molecule has 20 heavy (non-hydrogen) atoms. The second kappa shape index (κ2) is 5.83. The molecular weight excluding hydrogens is 338 g/mol. The second-order valence-electron chi connectivity index (χ2n) is 4.17. The third-order valence-corrected chi connectivity index (χ3v) is 3.18. The van der Waals surface area contributed by atoms with E-state index in [0.717, 1.165) is 12.1 Å². The first kappa shape index (κ1) is 14.8. The van der Waals surface area contributed by atoms with Crippen LogP contribution in [0.2, 0.25) is 0 Å². The van der Waals surface area contributed by atoms with Gasteiger partial charge in [0.2, 0.25) is 0 Å². The van der Waals surface area contributed by atoms with Crippen LogP contribution in [0.25, 0.3) is 0 Å². The Morgan fingerprint density at radius 2 is 1.80 bits per heavy atom. The molecule has 6 heteroatoms.